The highest BCUT2D eigenvalue weighted by atomic mass is 31.3. The van der Waals surface area contributed by atoms with Crippen molar-refractivity contribution in [3.05, 3.63) is 93.8 Å². The molecule has 3 heterocycles. The molecule has 26 heteroatoms. The zero-order valence-electron chi connectivity index (χ0n) is 33.2. The quantitative estimate of drug-likeness (QED) is 0.0305. The van der Waals surface area contributed by atoms with Crippen LogP contribution in [0.25, 0.3) is 33.4 Å². The van der Waals surface area contributed by atoms with E-state index in [0.29, 0.717) is 33.4 Å². The van der Waals surface area contributed by atoms with Crippen LogP contribution in [0.1, 0.15) is 33.4 Å². The molecule has 2 unspecified atom stereocenters. The first-order valence-corrected chi connectivity index (χ1v) is 22.8. The maximum absolute atomic E-state index is 13.3. The fourth-order valence-corrected chi connectivity index (χ4v) is 9.53. The highest BCUT2D eigenvalue weighted by Crippen LogP contribution is 2.66. The minimum absolute atomic E-state index is 0.0286. The molecule has 3 aromatic rings. The van der Waals surface area contributed by atoms with E-state index in [-0.39, 0.29) is 36.5 Å². The lowest BCUT2D eigenvalue weighted by atomic mass is 9.89. The minimum atomic E-state index is -5.76. The molecule has 1 saturated heterocycles. The van der Waals surface area contributed by atoms with E-state index >= 15 is 0 Å². The van der Waals surface area contributed by atoms with Crippen LogP contribution in [0.15, 0.2) is 76.1 Å². The number of carboxylic acids is 1. The third-order valence-electron chi connectivity index (χ3n) is 9.38. The van der Waals surface area contributed by atoms with Crippen LogP contribution in [0.5, 0.6) is 0 Å². The lowest BCUT2D eigenvalue weighted by Gasteiger charge is -2.19. The van der Waals surface area contributed by atoms with Gasteiger partial charge in [0, 0.05) is 79.7 Å². The first-order chi connectivity index (χ1) is 29.0. The van der Waals surface area contributed by atoms with Gasteiger partial charge in [0.2, 0.25) is 5.36 Å². The average molecular weight is 924 g/mol. The van der Waals surface area contributed by atoms with E-state index in [0.717, 1.165) is 15.6 Å². The summed E-state index contributed by atoms with van der Waals surface area (Å²) in [7, 11) is -9.25. The number of phosphoric ester groups is 1. The van der Waals surface area contributed by atoms with Gasteiger partial charge in [0.05, 0.1) is 24.3 Å². The van der Waals surface area contributed by atoms with E-state index in [1.807, 2.05) is 74.1 Å². The molecular formula is C36H42N6O17P3+. The number of hydrogen-bond acceptors (Lipinski definition) is 15. The largest absolute Gasteiger partial charge is 0.490 e. The van der Waals surface area contributed by atoms with Crippen molar-refractivity contribution in [2.45, 2.75) is 24.9 Å². The van der Waals surface area contributed by atoms with Crippen molar-refractivity contribution in [2.75, 3.05) is 58.1 Å². The third kappa shape index (κ3) is 11.1. The van der Waals surface area contributed by atoms with Crippen LogP contribution >= 0.6 is 23.5 Å². The molecule has 0 radical (unpaired) electrons. The number of rotatable bonds is 16. The standard InChI is InChI=1S/C36H41N6O17P3/c1-40(2)21-6-9-24-28(16-21)56-29-17-22(41(3)4)7-10-25(29)33(24)23-8-5-20(15-26(23)35(45)46)34(44)38-13-12-37-31-11-14-42(36(47)39-31)32-18-27(43)30(57-32)19-55-61(51,52)59-62(53,54)58-60(48,49)50/h5-11,14-17,27,30,32,43H,12-13,18-19H2,1-4H3,(H6-,37,38,39,44,45,46,47,48,49,50,51,52,53,54)/p+1/t27-,30+,32+/m0/s1. The number of aliphatic hydroxyl groups is 1. The van der Waals surface area contributed by atoms with Gasteiger partial charge in [-0.05, 0) is 42.0 Å². The van der Waals surface area contributed by atoms with Crippen molar-refractivity contribution in [2.24, 2.45) is 0 Å². The number of fused-ring (bicyclic) bond motifs is 2. The summed E-state index contributed by atoms with van der Waals surface area (Å²) < 4.78 is 61.0. The SMILES string of the molecule is CN(C)c1ccc2c(-c3ccc(C(=O)NCCNc4ccn([C@H]5C[C@H](O)[C@@H](COP(=O)(O)OP(=O)(O)OP(=O)(O)O)O5)c(=O)n4)cc3C(=O)O)c3ccc(=[N+](C)C)cc-3oc2c1. The number of anilines is 2. The number of aromatic nitrogens is 2. The van der Waals surface area contributed by atoms with E-state index < -0.39 is 66.1 Å². The summed E-state index contributed by atoms with van der Waals surface area (Å²) in [5.74, 6) is -1.16. The number of nitrogens with zero attached hydrogens (tertiary/aromatic N) is 4. The molecule has 0 bridgehead atoms. The number of nitrogens with one attached hydrogen (secondary N) is 2. The maximum Gasteiger partial charge on any atom is 0.490 e. The number of aromatic carboxylic acids is 1. The summed E-state index contributed by atoms with van der Waals surface area (Å²) in [4.78, 5) is 81.0. The number of amides is 1. The highest BCUT2D eigenvalue weighted by molar-refractivity contribution is 7.66. The Morgan fingerprint density at radius 1 is 0.952 bits per heavy atom. The van der Waals surface area contributed by atoms with Crippen molar-refractivity contribution in [3.63, 3.8) is 0 Å². The summed E-state index contributed by atoms with van der Waals surface area (Å²) in [5.41, 5.74) is 2.26. The fraction of sp³-hybridized carbons (Fsp3) is 0.306. The fourth-order valence-electron chi connectivity index (χ4n) is 6.50. The molecule has 2 aliphatic heterocycles. The Bertz CT molecular complexity index is 2790. The van der Waals surface area contributed by atoms with Crippen LogP contribution in [0.4, 0.5) is 11.5 Å². The molecule has 0 saturated carbocycles. The Balaban J connectivity index is 1.09. The second-order valence-corrected chi connectivity index (χ2v) is 18.6. The molecule has 1 amide bonds. The zero-order valence-corrected chi connectivity index (χ0v) is 35.9. The van der Waals surface area contributed by atoms with Gasteiger partial charge in [0.25, 0.3) is 5.91 Å². The average Bonchev–Trinajstić information content (AvgIpc) is 3.55. The molecule has 62 heavy (non-hydrogen) atoms. The lowest BCUT2D eigenvalue weighted by molar-refractivity contribution is -0.0449. The molecule has 0 spiro atoms. The van der Waals surface area contributed by atoms with Crippen LogP contribution in [0, 0.1) is 0 Å². The summed E-state index contributed by atoms with van der Waals surface area (Å²) in [6.07, 6.45) is -2.84. The second kappa shape index (κ2) is 18.3. The molecule has 23 nitrogen and oxygen atoms in total. The number of benzene rings is 3. The molecule has 8 N–H and O–H groups in total. The highest BCUT2D eigenvalue weighted by Gasteiger charge is 2.43. The van der Waals surface area contributed by atoms with Gasteiger partial charge >= 0.3 is 35.1 Å². The van der Waals surface area contributed by atoms with Crippen LogP contribution in [0.3, 0.4) is 0 Å². The predicted molar refractivity (Wildman–Crippen MR) is 220 cm³/mol. The van der Waals surface area contributed by atoms with Crippen molar-refractivity contribution in [3.8, 4) is 22.5 Å². The number of aliphatic hydroxyl groups excluding tert-OH is 1. The van der Waals surface area contributed by atoms with Crippen LogP contribution in [0.2, 0.25) is 0 Å². The van der Waals surface area contributed by atoms with Gasteiger partial charge in [0.1, 0.15) is 43.6 Å². The van der Waals surface area contributed by atoms with Crippen molar-refractivity contribution < 1.29 is 75.4 Å². The summed E-state index contributed by atoms with van der Waals surface area (Å²) >= 11 is 0. The lowest BCUT2D eigenvalue weighted by Crippen LogP contribution is -2.31. The second-order valence-electron chi connectivity index (χ2n) is 14.2. The molecule has 3 aliphatic rings. The molecular weight excluding hydrogens is 881 g/mol. The number of hydrogen-bond donors (Lipinski definition) is 8. The summed E-state index contributed by atoms with van der Waals surface area (Å²) in [5, 5.41) is 27.9. The van der Waals surface area contributed by atoms with Crippen LogP contribution in [-0.4, -0.2) is 111 Å². The van der Waals surface area contributed by atoms with Crippen LogP contribution in [-0.2, 0) is 31.6 Å². The monoisotopic (exact) mass is 923 g/mol. The number of ether oxygens (including phenoxy) is 1. The van der Waals surface area contributed by atoms with Crippen LogP contribution < -0.4 is 31.2 Å². The van der Waals surface area contributed by atoms with Gasteiger partial charge in [-0.25, -0.2) is 27.9 Å². The van der Waals surface area contributed by atoms with Gasteiger partial charge in [-0.2, -0.15) is 13.6 Å². The Hall–Kier alpha value is -5.12. The molecule has 5 atom stereocenters. The van der Waals surface area contributed by atoms with E-state index in [1.54, 1.807) is 6.07 Å². The normalized spacial score (nSPS) is 18.6. The predicted octanol–water partition coefficient (Wildman–Crippen LogP) is 2.39. The van der Waals surface area contributed by atoms with Crippen molar-refractivity contribution in [1.29, 1.82) is 0 Å². The first-order valence-electron chi connectivity index (χ1n) is 18.3. The molecule has 2 aromatic carbocycles. The molecule has 1 fully saturated rings. The summed E-state index contributed by atoms with van der Waals surface area (Å²) in [6.45, 7) is -0.811. The van der Waals surface area contributed by atoms with Gasteiger partial charge in [-0.3, -0.25) is 13.9 Å². The Labute approximate surface area is 351 Å². The van der Waals surface area contributed by atoms with Gasteiger partial charge < -0.3 is 54.5 Å². The number of phosphoric acid groups is 3. The molecule has 332 valence electrons. The Morgan fingerprint density at radius 3 is 2.34 bits per heavy atom. The Morgan fingerprint density at radius 2 is 1.68 bits per heavy atom. The molecule has 6 rings (SSSR count). The third-order valence-corrected chi connectivity index (χ3v) is 13.2. The first kappa shape index (κ1) is 46.4. The van der Waals surface area contributed by atoms with Crippen molar-refractivity contribution >= 4 is 57.8 Å². The molecule has 1 aromatic heterocycles. The van der Waals surface area contributed by atoms with Gasteiger partial charge in [-0.15, -0.1) is 0 Å². The van der Waals surface area contributed by atoms with Crippen molar-refractivity contribution in [1.82, 2.24) is 19.4 Å². The maximum atomic E-state index is 13.3. The van der Waals surface area contributed by atoms with Gasteiger partial charge in [0.15, 0.2) is 0 Å². The van der Waals surface area contributed by atoms with E-state index in [2.05, 4.69) is 28.8 Å². The van der Waals surface area contributed by atoms with E-state index in [9.17, 15) is 48.1 Å². The van der Waals surface area contributed by atoms with E-state index in [4.69, 9.17) is 18.9 Å². The smallest absolute Gasteiger partial charge is 0.478 e. The number of carbonyl (C=O) groups excluding carboxylic acids is 1. The number of carboxylic acid groups (broad SMARTS) is 1. The number of carbonyl (C=O) groups is 2. The molecule has 1 aliphatic carbocycles. The zero-order chi connectivity index (χ0) is 45.3. The topological polar surface area (TPSA) is 322 Å². The van der Waals surface area contributed by atoms with E-state index in [1.165, 1.54) is 24.4 Å². The minimum Gasteiger partial charge on any atom is -0.478 e. The Kier molecular flexibility index (Phi) is 13.7. The van der Waals surface area contributed by atoms with Gasteiger partial charge in [-0.1, -0.05) is 6.07 Å². The summed E-state index contributed by atoms with van der Waals surface area (Å²) in [6, 6.07) is 17.1.